The molecule has 0 saturated heterocycles. The molecule has 1 aliphatic rings. The summed E-state index contributed by atoms with van der Waals surface area (Å²) in [7, 11) is 0. The highest BCUT2D eigenvalue weighted by molar-refractivity contribution is 5.95. The molecule has 1 aliphatic heterocycles. The van der Waals surface area contributed by atoms with E-state index >= 15 is 0 Å². The third kappa shape index (κ3) is 3.48. The molecule has 2 aromatic carbocycles. The van der Waals surface area contributed by atoms with E-state index in [-0.39, 0.29) is 24.1 Å². The lowest BCUT2D eigenvalue weighted by molar-refractivity contribution is -0.124. The molecule has 1 atom stereocenters. The summed E-state index contributed by atoms with van der Waals surface area (Å²) in [6.45, 7) is 0.358. The fourth-order valence-corrected chi connectivity index (χ4v) is 2.67. The van der Waals surface area contributed by atoms with Crippen LogP contribution >= 0.6 is 0 Å². The van der Waals surface area contributed by atoms with Crippen LogP contribution in [0.5, 0.6) is 11.5 Å². The van der Waals surface area contributed by atoms with Gasteiger partial charge >= 0.3 is 0 Å². The molecule has 1 unspecified atom stereocenters. The highest BCUT2D eigenvalue weighted by Gasteiger charge is 2.22. The molecule has 124 valence electrons. The topological polar surface area (TPSA) is 90.7 Å². The minimum absolute atomic E-state index is 0.113. The van der Waals surface area contributed by atoms with Gasteiger partial charge in [-0.3, -0.25) is 9.59 Å². The van der Waals surface area contributed by atoms with E-state index in [0.29, 0.717) is 18.8 Å². The van der Waals surface area contributed by atoms with Crippen molar-refractivity contribution in [3.05, 3.63) is 59.7 Å². The van der Waals surface area contributed by atoms with Crippen LogP contribution < -0.4 is 20.5 Å². The number of hydrogen-bond acceptors (Lipinski definition) is 4. The van der Waals surface area contributed by atoms with Gasteiger partial charge in [0.1, 0.15) is 11.5 Å². The lowest BCUT2D eigenvalue weighted by Gasteiger charge is -2.26. The van der Waals surface area contributed by atoms with Gasteiger partial charge in [-0.1, -0.05) is 30.3 Å². The van der Waals surface area contributed by atoms with Crippen LogP contribution in [0.25, 0.3) is 0 Å². The van der Waals surface area contributed by atoms with Crippen molar-refractivity contribution in [3.63, 3.8) is 0 Å². The number of nitrogens with two attached hydrogens (primary N) is 1. The monoisotopic (exact) mass is 326 g/mol. The number of amides is 2. The molecular weight excluding hydrogens is 308 g/mol. The number of hydrogen-bond donors (Lipinski definition) is 2. The lowest BCUT2D eigenvalue weighted by atomic mass is 10.0. The van der Waals surface area contributed by atoms with Crippen LogP contribution in [-0.2, 0) is 4.79 Å². The van der Waals surface area contributed by atoms with Crippen LogP contribution in [0.15, 0.2) is 48.5 Å². The van der Waals surface area contributed by atoms with E-state index < -0.39 is 5.91 Å². The molecule has 0 aliphatic carbocycles. The molecule has 0 aromatic heterocycles. The number of para-hydroxylation sites is 2. The molecule has 2 aromatic rings. The molecule has 0 bridgehead atoms. The van der Waals surface area contributed by atoms with E-state index in [4.69, 9.17) is 15.2 Å². The second-order valence-corrected chi connectivity index (χ2v) is 5.44. The number of carbonyl (C=O) groups is 2. The molecule has 0 saturated carbocycles. The van der Waals surface area contributed by atoms with Crippen molar-refractivity contribution in [1.29, 1.82) is 0 Å². The Hall–Kier alpha value is -3.02. The summed E-state index contributed by atoms with van der Waals surface area (Å²) < 4.78 is 11.0. The molecule has 3 N–H and O–H groups in total. The average molecular weight is 326 g/mol. The molecule has 1 heterocycles. The summed E-state index contributed by atoms with van der Waals surface area (Å²) in [4.78, 5) is 23.5. The van der Waals surface area contributed by atoms with Crippen molar-refractivity contribution in [1.82, 2.24) is 5.32 Å². The molecule has 24 heavy (non-hydrogen) atoms. The van der Waals surface area contributed by atoms with E-state index in [9.17, 15) is 9.59 Å². The number of ether oxygens (including phenoxy) is 2. The minimum atomic E-state index is -0.593. The van der Waals surface area contributed by atoms with Crippen LogP contribution in [0.3, 0.4) is 0 Å². The zero-order valence-electron chi connectivity index (χ0n) is 13.0. The summed E-state index contributed by atoms with van der Waals surface area (Å²) >= 11 is 0. The van der Waals surface area contributed by atoms with E-state index in [1.54, 1.807) is 24.3 Å². The van der Waals surface area contributed by atoms with Gasteiger partial charge in [0.05, 0.1) is 18.2 Å². The second-order valence-electron chi connectivity index (χ2n) is 5.44. The molecule has 6 heteroatoms. The predicted octanol–water partition coefficient (Wildman–Crippen LogP) is 1.80. The first kappa shape index (κ1) is 15.9. The smallest absolute Gasteiger partial charge is 0.258 e. The number of rotatable bonds is 5. The quantitative estimate of drug-likeness (QED) is 0.876. The standard InChI is InChI=1S/C18H18N2O4/c19-18(22)13-6-2-4-8-16(13)24-11-17(21)20-14-9-10-23-15-7-3-1-5-12(14)15/h1-8,14H,9-11H2,(H2,19,22)(H,20,21). The van der Waals surface area contributed by atoms with Crippen LogP contribution in [0, 0.1) is 0 Å². The third-order valence-corrected chi connectivity index (χ3v) is 3.81. The summed E-state index contributed by atoms with van der Waals surface area (Å²) in [6, 6.07) is 14.1. The van der Waals surface area contributed by atoms with Gasteiger partial charge in [0, 0.05) is 12.0 Å². The number of benzene rings is 2. The Bertz CT molecular complexity index is 760. The second kappa shape index (κ2) is 7.04. The molecule has 0 spiro atoms. The fraction of sp³-hybridized carbons (Fsp3) is 0.222. The van der Waals surface area contributed by atoms with Crippen molar-refractivity contribution in [2.45, 2.75) is 12.5 Å². The van der Waals surface area contributed by atoms with Crippen molar-refractivity contribution < 1.29 is 19.1 Å². The number of nitrogens with one attached hydrogen (secondary N) is 1. The number of fused-ring (bicyclic) bond motifs is 1. The van der Waals surface area contributed by atoms with Crippen LogP contribution in [0.4, 0.5) is 0 Å². The summed E-state index contributed by atoms with van der Waals surface area (Å²) in [5.41, 5.74) is 6.50. The number of carbonyl (C=O) groups excluding carboxylic acids is 2. The van der Waals surface area contributed by atoms with Gasteiger partial charge in [-0.05, 0) is 18.2 Å². The van der Waals surface area contributed by atoms with Crippen molar-refractivity contribution >= 4 is 11.8 Å². The van der Waals surface area contributed by atoms with Gasteiger partial charge < -0.3 is 20.5 Å². The fourth-order valence-electron chi connectivity index (χ4n) is 2.67. The molecule has 6 nitrogen and oxygen atoms in total. The van der Waals surface area contributed by atoms with E-state index in [2.05, 4.69) is 5.32 Å². The van der Waals surface area contributed by atoms with Crippen LogP contribution in [0.1, 0.15) is 28.4 Å². The van der Waals surface area contributed by atoms with Crippen molar-refractivity contribution in [3.8, 4) is 11.5 Å². The molecule has 2 amide bonds. The van der Waals surface area contributed by atoms with E-state index in [0.717, 1.165) is 11.3 Å². The maximum Gasteiger partial charge on any atom is 0.258 e. The van der Waals surface area contributed by atoms with Crippen LogP contribution in [-0.4, -0.2) is 25.0 Å². The normalized spacial score (nSPS) is 15.8. The Kier molecular flexibility index (Phi) is 4.65. The highest BCUT2D eigenvalue weighted by atomic mass is 16.5. The third-order valence-electron chi connectivity index (χ3n) is 3.81. The van der Waals surface area contributed by atoms with Gasteiger partial charge in [0.25, 0.3) is 11.8 Å². The van der Waals surface area contributed by atoms with Crippen molar-refractivity contribution in [2.24, 2.45) is 5.73 Å². The molecular formula is C18H18N2O4. The Morgan fingerprint density at radius 3 is 2.75 bits per heavy atom. The van der Waals surface area contributed by atoms with Gasteiger partial charge in [0.15, 0.2) is 6.61 Å². The molecule has 3 rings (SSSR count). The first-order chi connectivity index (χ1) is 11.6. The van der Waals surface area contributed by atoms with Gasteiger partial charge in [-0.2, -0.15) is 0 Å². The van der Waals surface area contributed by atoms with Gasteiger partial charge in [0.2, 0.25) is 0 Å². The molecule has 0 fully saturated rings. The summed E-state index contributed by atoms with van der Waals surface area (Å²) in [5, 5.41) is 2.93. The Labute approximate surface area is 139 Å². The van der Waals surface area contributed by atoms with E-state index in [1.807, 2.05) is 24.3 Å². The highest BCUT2D eigenvalue weighted by Crippen LogP contribution is 2.31. The SMILES string of the molecule is NC(=O)c1ccccc1OCC(=O)NC1CCOc2ccccc21. The molecule has 0 radical (unpaired) electrons. The number of primary amides is 1. The lowest BCUT2D eigenvalue weighted by Crippen LogP contribution is -2.35. The summed E-state index contributed by atoms with van der Waals surface area (Å²) in [6.07, 6.45) is 0.695. The Morgan fingerprint density at radius 1 is 1.17 bits per heavy atom. The van der Waals surface area contributed by atoms with E-state index in [1.165, 1.54) is 0 Å². The average Bonchev–Trinajstić information content (AvgIpc) is 2.60. The maximum absolute atomic E-state index is 12.2. The first-order valence-electron chi connectivity index (χ1n) is 7.68. The Balaban J connectivity index is 1.62. The predicted molar refractivity (Wildman–Crippen MR) is 87.9 cm³/mol. The maximum atomic E-state index is 12.2. The zero-order chi connectivity index (χ0) is 16.9. The van der Waals surface area contributed by atoms with Gasteiger partial charge in [-0.15, -0.1) is 0 Å². The largest absolute Gasteiger partial charge is 0.493 e. The Morgan fingerprint density at radius 2 is 1.92 bits per heavy atom. The minimum Gasteiger partial charge on any atom is -0.493 e. The van der Waals surface area contributed by atoms with Crippen LogP contribution in [0.2, 0.25) is 0 Å². The van der Waals surface area contributed by atoms with Gasteiger partial charge in [-0.25, -0.2) is 0 Å². The van der Waals surface area contributed by atoms with Crippen molar-refractivity contribution in [2.75, 3.05) is 13.2 Å². The summed E-state index contributed by atoms with van der Waals surface area (Å²) in [5.74, 6) is 0.224. The zero-order valence-corrected chi connectivity index (χ0v) is 13.0. The first-order valence-corrected chi connectivity index (χ1v) is 7.68.